The predicted molar refractivity (Wildman–Crippen MR) is 111 cm³/mol. The van der Waals surface area contributed by atoms with Crippen molar-refractivity contribution in [3.05, 3.63) is 72.2 Å². The zero-order chi connectivity index (χ0) is 21.4. The summed E-state index contributed by atoms with van der Waals surface area (Å²) < 4.78 is 24.7. The molecule has 3 heterocycles. The lowest BCUT2D eigenvalue weighted by molar-refractivity contribution is -0.0140. The van der Waals surface area contributed by atoms with Crippen LogP contribution < -0.4 is 4.90 Å². The molecule has 1 aromatic heterocycles. The van der Waals surface area contributed by atoms with E-state index >= 15 is 0 Å². The number of rotatable bonds is 2. The minimum absolute atomic E-state index is 0.167. The third kappa shape index (κ3) is 3.59. The molecule has 1 atom stereocenters. The Hall–Kier alpha value is -3.52. The number of hydrogen-bond donors (Lipinski definition) is 0. The van der Waals surface area contributed by atoms with Gasteiger partial charge in [-0.1, -0.05) is 12.1 Å². The van der Waals surface area contributed by atoms with Gasteiger partial charge in [0.25, 0.3) is 5.91 Å². The van der Waals surface area contributed by atoms with Gasteiger partial charge in [-0.2, -0.15) is 0 Å². The molecule has 2 aromatic carbocycles. The van der Waals surface area contributed by atoms with Crippen LogP contribution in [0.25, 0.3) is 10.9 Å². The molecule has 2 aliphatic heterocycles. The van der Waals surface area contributed by atoms with Gasteiger partial charge in [-0.25, -0.2) is 9.18 Å². The van der Waals surface area contributed by atoms with Crippen LogP contribution in [-0.2, 0) is 9.47 Å². The zero-order valence-electron chi connectivity index (χ0n) is 16.7. The number of nitrogens with zero attached hydrogens (tertiary/aromatic N) is 3. The van der Waals surface area contributed by atoms with Gasteiger partial charge in [0, 0.05) is 29.4 Å². The first-order valence-electron chi connectivity index (χ1n) is 10.0. The van der Waals surface area contributed by atoms with Crippen LogP contribution in [0.15, 0.2) is 60.8 Å². The molecule has 7 nitrogen and oxygen atoms in total. The van der Waals surface area contributed by atoms with Gasteiger partial charge in [0.1, 0.15) is 5.82 Å². The Balaban J connectivity index is 1.42. The molecular weight excluding hydrogens is 401 g/mol. The van der Waals surface area contributed by atoms with Crippen LogP contribution in [0, 0.1) is 5.82 Å². The summed E-state index contributed by atoms with van der Waals surface area (Å²) >= 11 is 0. The summed E-state index contributed by atoms with van der Waals surface area (Å²) in [6.07, 6.45) is 1.15. The summed E-state index contributed by atoms with van der Waals surface area (Å²) in [6.45, 7) is 1.30. The topological polar surface area (TPSA) is 72.0 Å². The minimum Gasteiger partial charge on any atom is -0.436 e. The fourth-order valence-corrected chi connectivity index (χ4v) is 4.14. The number of halogens is 1. The van der Waals surface area contributed by atoms with Crippen molar-refractivity contribution in [2.45, 2.75) is 5.60 Å². The quantitative estimate of drug-likeness (QED) is 0.635. The van der Waals surface area contributed by atoms with E-state index in [2.05, 4.69) is 4.98 Å². The second kappa shape index (κ2) is 7.63. The number of carbonyl (C=O) groups is 2. The van der Waals surface area contributed by atoms with E-state index in [1.165, 1.54) is 29.2 Å². The number of carbonyl (C=O) groups excluding carboxylic acids is 2. The van der Waals surface area contributed by atoms with Crippen molar-refractivity contribution in [3.8, 4) is 0 Å². The van der Waals surface area contributed by atoms with E-state index in [0.717, 1.165) is 10.9 Å². The number of hydrogen-bond acceptors (Lipinski definition) is 5. The Kier molecular flexibility index (Phi) is 4.78. The van der Waals surface area contributed by atoms with Crippen molar-refractivity contribution >= 4 is 28.6 Å². The first-order valence-corrected chi connectivity index (χ1v) is 10.0. The van der Waals surface area contributed by atoms with Crippen LogP contribution in [0.3, 0.4) is 0 Å². The first-order chi connectivity index (χ1) is 15.0. The van der Waals surface area contributed by atoms with Gasteiger partial charge in [0.05, 0.1) is 31.8 Å². The van der Waals surface area contributed by atoms with Gasteiger partial charge in [0.15, 0.2) is 5.60 Å². The summed E-state index contributed by atoms with van der Waals surface area (Å²) in [7, 11) is 0. The second-order valence-electron chi connectivity index (χ2n) is 7.77. The van der Waals surface area contributed by atoms with Crippen molar-refractivity contribution in [3.63, 3.8) is 0 Å². The van der Waals surface area contributed by atoms with Crippen molar-refractivity contribution < 1.29 is 23.5 Å². The van der Waals surface area contributed by atoms with Crippen LogP contribution in [0.2, 0.25) is 0 Å². The van der Waals surface area contributed by atoms with E-state index in [1.54, 1.807) is 29.3 Å². The molecule has 1 unspecified atom stereocenters. The summed E-state index contributed by atoms with van der Waals surface area (Å²) in [5, 5.41) is 0.769. The molecule has 8 heteroatoms. The van der Waals surface area contributed by atoms with Crippen molar-refractivity contribution in [2.24, 2.45) is 0 Å². The smallest absolute Gasteiger partial charge is 0.415 e. The summed E-state index contributed by atoms with van der Waals surface area (Å²) in [5.74, 6) is -0.551. The summed E-state index contributed by atoms with van der Waals surface area (Å²) in [6, 6.07) is 14.7. The first kappa shape index (κ1) is 19.4. The minimum atomic E-state index is -1.000. The normalized spacial score (nSPS) is 21.4. The molecule has 2 aliphatic rings. The molecule has 0 radical (unpaired) electrons. The van der Waals surface area contributed by atoms with Gasteiger partial charge in [-0.15, -0.1) is 0 Å². The number of benzene rings is 2. The van der Waals surface area contributed by atoms with Crippen LogP contribution in [0.5, 0.6) is 0 Å². The SMILES string of the molecule is O=C(c1cccc2ncccc12)N1CCOCC2(C1)CN(c1ccc(F)cc1)C(=O)O2. The fraction of sp³-hybridized carbons (Fsp3) is 0.261. The average Bonchev–Trinajstić information content (AvgIpc) is 2.97. The zero-order valence-corrected chi connectivity index (χ0v) is 16.7. The number of fused-ring (bicyclic) bond motifs is 1. The predicted octanol–water partition coefficient (Wildman–Crippen LogP) is 3.24. The van der Waals surface area contributed by atoms with Crippen LogP contribution >= 0.6 is 0 Å². The van der Waals surface area contributed by atoms with E-state index in [4.69, 9.17) is 9.47 Å². The highest BCUT2D eigenvalue weighted by Crippen LogP contribution is 2.31. The lowest BCUT2D eigenvalue weighted by Gasteiger charge is -2.30. The standard InChI is InChI=1S/C23H20FN3O4/c24-16-6-8-17(9-7-16)27-14-23(31-22(27)29)13-26(11-12-30-15-23)21(28)19-3-1-5-20-18(19)4-2-10-25-20/h1-10H,11-15H2. The molecule has 1 spiro atoms. The third-order valence-corrected chi connectivity index (χ3v) is 5.62. The maximum absolute atomic E-state index is 13.4. The number of aromatic nitrogens is 1. The molecule has 0 aliphatic carbocycles. The highest BCUT2D eigenvalue weighted by Gasteiger charge is 2.49. The van der Waals surface area contributed by atoms with Gasteiger partial charge in [-0.05, 0) is 42.5 Å². The lowest BCUT2D eigenvalue weighted by Crippen LogP contribution is -2.49. The monoisotopic (exact) mass is 421 g/mol. The Morgan fingerprint density at radius 3 is 2.74 bits per heavy atom. The molecule has 2 amide bonds. The van der Waals surface area contributed by atoms with Gasteiger partial charge in [-0.3, -0.25) is 14.7 Å². The molecule has 31 heavy (non-hydrogen) atoms. The highest BCUT2D eigenvalue weighted by atomic mass is 19.1. The van der Waals surface area contributed by atoms with Crippen LogP contribution in [-0.4, -0.2) is 60.3 Å². The van der Waals surface area contributed by atoms with Crippen LogP contribution in [0.1, 0.15) is 10.4 Å². The lowest BCUT2D eigenvalue weighted by atomic mass is 10.0. The number of ether oxygens (including phenoxy) is 2. The van der Waals surface area contributed by atoms with E-state index in [1.807, 2.05) is 12.1 Å². The molecule has 5 rings (SSSR count). The molecule has 0 saturated carbocycles. The molecule has 3 aromatic rings. The molecular formula is C23H20FN3O4. The highest BCUT2D eigenvalue weighted by molar-refractivity contribution is 6.06. The summed E-state index contributed by atoms with van der Waals surface area (Å²) in [4.78, 5) is 33.5. The Labute approximate surface area is 178 Å². The van der Waals surface area contributed by atoms with Gasteiger partial charge >= 0.3 is 6.09 Å². The van der Waals surface area contributed by atoms with E-state index in [9.17, 15) is 14.0 Å². The third-order valence-electron chi connectivity index (χ3n) is 5.62. The Morgan fingerprint density at radius 2 is 1.90 bits per heavy atom. The molecule has 2 fully saturated rings. The Morgan fingerprint density at radius 1 is 1.06 bits per heavy atom. The molecule has 0 N–H and O–H groups in total. The van der Waals surface area contributed by atoms with E-state index < -0.39 is 11.7 Å². The van der Waals surface area contributed by atoms with Crippen molar-refractivity contribution in [1.29, 1.82) is 0 Å². The van der Waals surface area contributed by atoms with E-state index in [-0.39, 0.29) is 31.4 Å². The molecule has 2 saturated heterocycles. The maximum atomic E-state index is 13.4. The van der Waals surface area contributed by atoms with Crippen molar-refractivity contribution in [2.75, 3.05) is 37.7 Å². The number of anilines is 1. The van der Waals surface area contributed by atoms with Gasteiger partial charge in [0.2, 0.25) is 0 Å². The average molecular weight is 421 g/mol. The molecule has 0 bridgehead atoms. The fourth-order valence-electron chi connectivity index (χ4n) is 4.14. The van der Waals surface area contributed by atoms with E-state index in [0.29, 0.717) is 24.4 Å². The maximum Gasteiger partial charge on any atom is 0.415 e. The number of pyridine rings is 1. The van der Waals surface area contributed by atoms with Gasteiger partial charge < -0.3 is 14.4 Å². The van der Waals surface area contributed by atoms with Crippen molar-refractivity contribution in [1.82, 2.24) is 9.88 Å². The largest absolute Gasteiger partial charge is 0.436 e. The Bertz CT molecular complexity index is 1150. The molecule has 158 valence electrons. The van der Waals surface area contributed by atoms with Crippen LogP contribution in [0.4, 0.5) is 14.9 Å². The summed E-state index contributed by atoms with van der Waals surface area (Å²) in [5.41, 5.74) is 0.817. The second-order valence-corrected chi connectivity index (χ2v) is 7.77. The number of amides is 2.